The molecule has 0 aliphatic carbocycles. The van der Waals surface area contributed by atoms with Crippen LogP contribution in [0.5, 0.6) is 0 Å². The summed E-state index contributed by atoms with van der Waals surface area (Å²) in [5, 5.41) is 0. The van der Waals surface area contributed by atoms with Gasteiger partial charge in [0.2, 0.25) is 10.4 Å². The van der Waals surface area contributed by atoms with Crippen molar-refractivity contribution in [2.45, 2.75) is 24.0 Å². The van der Waals surface area contributed by atoms with Crippen LogP contribution in [-0.2, 0) is 28.9 Å². The molecule has 8 nitrogen and oxygen atoms in total. The molecule has 0 spiro atoms. The second-order valence-corrected chi connectivity index (χ2v) is 12.4. The van der Waals surface area contributed by atoms with Gasteiger partial charge in [0, 0.05) is 15.6 Å². The van der Waals surface area contributed by atoms with Crippen LogP contribution >= 0.6 is 15.9 Å². The maximum atomic E-state index is 12.7. The summed E-state index contributed by atoms with van der Waals surface area (Å²) >= 11 is 3.51. The van der Waals surface area contributed by atoms with Gasteiger partial charge in [0.25, 0.3) is 10.1 Å². The number of likely N-dealkylation sites (tertiary alicyclic amines) is 1. The molecule has 0 N–H and O–H groups in total. The number of halogens is 1. The van der Waals surface area contributed by atoms with Crippen LogP contribution in [0, 0.1) is 6.92 Å². The van der Waals surface area contributed by atoms with E-state index in [1.54, 1.807) is 24.3 Å². The first-order valence-corrected chi connectivity index (χ1v) is 14.5. The maximum Gasteiger partial charge on any atom is 0.297 e. The molecule has 0 amide bonds. The molecule has 0 aromatic heterocycles. The summed E-state index contributed by atoms with van der Waals surface area (Å²) in [4.78, 5) is 0.210. The van der Waals surface area contributed by atoms with Gasteiger partial charge < -0.3 is 9.04 Å². The summed E-state index contributed by atoms with van der Waals surface area (Å²) in [6, 6.07) is 25.6. The highest BCUT2D eigenvalue weighted by atomic mass is 79.9. The van der Waals surface area contributed by atoms with Gasteiger partial charge in [-0.25, -0.2) is 8.42 Å². The van der Waals surface area contributed by atoms with Crippen LogP contribution in [0.2, 0.25) is 0 Å². The normalized spacial score (nSPS) is 20.5. The van der Waals surface area contributed by atoms with Crippen molar-refractivity contribution >= 4 is 36.4 Å². The predicted octanol–water partition coefficient (Wildman–Crippen LogP) is 4.17. The number of aryl methyl sites for hydroxylation is 1. The van der Waals surface area contributed by atoms with E-state index in [0.717, 1.165) is 17.1 Å². The molecule has 1 heterocycles. The Kier molecular flexibility index (Phi) is 9.10. The maximum absolute atomic E-state index is 12.7. The Hall–Kier alpha value is -2.12. The molecule has 36 heavy (non-hydrogen) atoms. The summed E-state index contributed by atoms with van der Waals surface area (Å²) in [5.41, 5.74) is 3.43. The fraction of sp³-hybridized carbons (Fsp3) is 0.280. The third-order valence-electron chi connectivity index (χ3n) is 5.94. The molecule has 1 saturated heterocycles. The highest BCUT2D eigenvalue weighted by Gasteiger charge is 2.49. The summed E-state index contributed by atoms with van der Waals surface area (Å²) in [7, 11) is -5.20. The number of quaternary nitrogens is 1. The van der Waals surface area contributed by atoms with E-state index in [-0.39, 0.29) is 17.0 Å². The van der Waals surface area contributed by atoms with Gasteiger partial charge >= 0.3 is 0 Å². The van der Waals surface area contributed by atoms with Crippen molar-refractivity contribution < 1.29 is 34.2 Å². The Labute approximate surface area is 221 Å². The number of rotatable bonds is 7. The molecule has 3 aromatic carbocycles. The lowest BCUT2D eigenvalue weighted by Gasteiger charge is -2.51. The van der Waals surface area contributed by atoms with Gasteiger partial charge in [-0.3, -0.25) is 8.37 Å². The lowest BCUT2D eigenvalue weighted by Crippen LogP contribution is -2.66. The summed E-state index contributed by atoms with van der Waals surface area (Å²) in [6.45, 7) is 3.18. The summed E-state index contributed by atoms with van der Waals surface area (Å²) < 4.78 is 63.7. The molecular weight excluding hydrogens is 570 g/mol. The van der Waals surface area contributed by atoms with Gasteiger partial charge in [0.1, 0.15) is 19.1 Å². The van der Waals surface area contributed by atoms with Gasteiger partial charge in [-0.2, -0.15) is 8.42 Å². The Balaban J connectivity index is 0.000000538. The topological polar surface area (TPSA) is 110 Å². The van der Waals surface area contributed by atoms with Crippen molar-refractivity contribution in [1.82, 2.24) is 0 Å². The molecular formula is C25H28BrNO7S2. The molecule has 1 unspecified atom stereocenters. The number of hydrogen-bond acceptors (Lipinski definition) is 7. The Morgan fingerprint density at radius 2 is 1.39 bits per heavy atom. The number of nitrogens with zero attached hydrogens (tertiary/aromatic N) is 1. The molecule has 1 aliphatic heterocycles. The van der Waals surface area contributed by atoms with E-state index in [4.69, 9.17) is 4.18 Å². The average Bonchev–Trinajstić information content (AvgIpc) is 2.80. The molecule has 0 radical (unpaired) electrons. The first-order valence-electron chi connectivity index (χ1n) is 11.0. The lowest BCUT2D eigenvalue weighted by atomic mass is 9.91. The number of likely N-dealkylation sites (N-methyl/N-ethyl adjacent to an activating group) is 1. The Bertz CT molecular complexity index is 1360. The Morgan fingerprint density at radius 3 is 1.89 bits per heavy atom. The van der Waals surface area contributed by atoms with E-state index in [0.29, 0.717) is 17.6 Å². The molecule has 11 heteroatoms. The van der Waals surface area contributed by atoms with Crippen LogP contribution in [0.15, 0.2) is 88.2 Å². The first-order chi connectivity index (χ1) is 16.8. The van der Waals surface area contributed by atoms with Crippen molar-refractivity contribution in [3.05, 3.63) is 100 Å². The highest BCUT2D eigenvalue weighted by Crippen LogP contribution is 2.40. The van der Waals surface area contributed by atoms with Gasteiger partial charge in [-0.15, -0.1) is 0 Å². The fourth-order valence-corrected chi connectivity index (χ4v) is 5.61. The van der Waals surface area contributed by atoms with E-state index >= 15 is 0 Å². The molecule has 1 fully saturated rings. The monoisotopic (exact) mass is 597 g/mol. The van der Waals surface area contributed by atoms with Crippen LogP contribution in [0.1, 0.15) is 22.7 Å². The standard InChI is InChI=1S/C24H25BrNO3S.CH4O4S/c1-18-8-14-23(15-9-18)30(27,28)29-22-16-26(2,17-22)24(19-6-4-3-5-7-19)20-10-12-21(25)13-11-20;1-5-6(2,3)4/h3-15,22,24H,16-17H2,1-2H3;1H3,(H,2,3,4)/q+1;/p-1. The molecule has 1 atom stereocenters. The molecule has 194 valence electrons. The van der Waals surface area contributed by atoms with Crippen molar-refractivity contribution in [2.75, 3.05) is 27.2 Å². The van der Waals surface area contributed by atoms with Gasteiger partial charge in [0.15, 0.2) is 6.10 Å². The van der Waals surface area contributed by atoms with Crippen molar-refractivity contribution in [3.8, 4) is 0 Å². The second-order valence-electron chi connectivity index (χ2n) is 8.77. The molecule has 3 aromatic rings. The minimum Gasteiger partial charge on any atom is -0.726 e. The fourth-order valence-electron chi connectivity index (χ4n) is 4.28. The van der Waals surface area contributed by atoms with E-state index in [9.17, 15) is 21.4 Å². The number of benzene rings is 3. The SMILES string of the molecule is COS(=O)(=O)[O-].Cc1ccc(S(=O)(=O)OC2C[N+](C)(C(c3ccccc3)c3ccc(Br)cc3)C2)cc1. The van der Waals surface area contributed by atoms with Crippen LogP contribution < -0.4 is 0 Å². The smallest absolute Gasteiger partial charge is 0.297 e. The van der Waals surface area contributed by atoms with Gasteiger partial charge in [-0.05, 0) is 31.2 Å². The molecule has 1 aliphatic rings. The summed E-state index contributed by atoms with van der Waals surface area (Å²) in [5.74, 6) is 0. The minimum atomic E-state index is -4.41. The quantitative estimate of drug-likeness (QED) is 0.174. The van der Waals surface area contributed by atoms with Gasteiger partial charge in [-0.1, -0.05) is 76.1 Å². The lowest BCUT2D eigenvalue weighted by molar-refractivity contribution is -0.976. The zero-order valence-electron chi connectivity index (χ0n) is 20.1. The average molecular weight is 599 g/mol. The second kappa shape index (κ2) is 11.5. The van der Waals surface area contributed by atoms with Crippen LogP contribution in [0.3, 0.4) is 0 Å². The predicted molar refractivity (Wildman–Crippen MR) is 138 cm³/mol. The Morgan fingerprint density at radius 1 is 0.889 bits per heavy atom. The number of hydrogen-bond donors (Lipinski definition) is 0. The summed E-state index contributed by atoms with van der Waals surface area (Å²) in [6.07, 6.45) is -0.331. The highest BCUT2D eigenvalue weighted by molar-refractivity contribution is 9.10. The van der Waals surface area contributed by atoms with E-state index in [1.807, 2.05) is 37.3 Å². The third kappa shape index (κ3) is 7.45. The van der Waals surface area contributed by atoms with Crippen LogP contribution in [0.25, 0.3) is 0 Å². The van der Waals surface area contributed by atoms with Crippen molar-refractivity contribution in [2.24, 2.45) is 0 Å². The van der Waals surface area contributed by atoms with E-state index in [2.05, 4.69) is 51.4 Å². The minimum absolute atomic E-state index is 0.112. The van der Waals surface area contributed by atoms with Crippen LogP contribution in [0.4, 0.5) is 0 Å². The molecule has 4 rings (SSSR count). The van der Waals surface area contributed by atoms with E-state index < -0.39 is 20.5 Å². The largest absolute Gasteiger partial charge is 0.726 e. The van der Waals surface area contributed by atoms with Gasteiger partial charge in [0.05, 0.1) is 19.1 Å². The first kappa shape index (κ1) is 28.5. The zero-order chi connectivity index (χ0) is 26.6. The third-order valence-corrected chi connectivity index (χ3v) is 8.25. The molecule has 0 saturated carbocycles. The van der Waals surface area contributed by atoms with Crippen molar-refractivity contribution in [1.29, 1.82) is 0 Å². The van der Waals surface area contributed by atoms with Crippen molar-refractivity contribution in [3.63, 3.8) is 0 Å². The van der Waals surface area contributed by atoms with E-state index in [1.165, 1.54) is 11.1 Å². The zero-order valence-corrected chi connectivity index (χ0v) is 23.3. The van der Waals surface area contributed by atoms with Crippen LogP contribution in [-0.4, -0.2) is 59.2 Å². The molecule has 0 bridgehead atoms.